The van der Waals surface area contributed by atoms with Crippen LogP contribution in [-0.4, -0.2) is 19.9 Å². The van der Waals surface area contributed by atoms with Crippen LogP contribution >= 0.6 is 0 Å². The number of benzene rings is 2. The molecular weight excluding hydrogens is 338 g/mol. The van der Waals surface area contributed by atoms with Crippen molar-refractivity contribution in [2.24, 2.45) is 0 Å². The summed E-state index contributed by atoms with van der Waals surface area (Å²) in [5.74, 6) is 1.16. The zero-order valence-electron chi connectivity index (χ0n) is 13.8. The first kappa shape index (κ1) is 15.8. The van der Waals surface area contributed by atoms with E-state index in [2.05, 4.69) is 16.0 Å². The van der Waals surface area contributed by atoms with Crippen LogP contribution < -0.4 is 31.0 Å². The number of ether oxygens (including phenoxy) is 2. The second-order valence-electron chi connectivity index (χ2n) is 5.53. The molecular formula is C18H15N3O5. The van der Waals surface area contributed by atoms with Crippen LogP contribution in [0.5, 0.6) is 11.5 Å². The highest BCUT2D eigenvalue weighted by atomic mass is 16.7. The third kappa shape index (κ3) is 2.77. The topological polar surface area (TPSA) is 102 Å². The van der Waals surface area contributed by atoms with Crippen molar-refractivity contribution in [3.05, 3.63) is 52.9 Å². The minimum atomic E-state index is -0.645. The van der Waals surface area contributed by atoms with Gasteiger partial charge >= 0.3 is 11.7 Å². The number of amides is 2. The van der Waals surface area contributed by atoms with Gasteiger partial charge in [0.05, 0.1) is 5.69 Å². The molecule has 1 aliphatic heterocycles. The van der Waals surface area contributed by atoms with Crippen LogP contribution in [0.4, 0.5) is 21.9 Å². The summed E-state index contributed by atoms with van der Waals surface area (Å²) in [6.45, 7) is 0.147. The predicted molar refractivity (Wildman–Crippen MR) is 97.2 cm³/mol. The van der Waals surface area contributed by atoms with Gasteiger partial charge in [0, 0.05) is 24.2 Å². The first-order valence-corrected chi connectivity index (χ1v) is 7.87. The number of rotatable bonds is 3. The Morgan fingerprint density at radius 1 is 1.00 bits per heavy atom. The Morgan fingerprint density at radius 2 is 1.81 bits per heavy atom. The molecule has 2 aromatic carbocycles. The average Bonchev–Trinajstić information content (AvgIpc) is 3.10. The summed E-state index contributed by atoms with van der Waals surface area (Å²) in [5, 5.41) is 8.83. The van der Waals surface area contributed by atoms with Crippen molar-refractivity contribution in [1.29, 1.82) is 0 Å². The number of anilines is 3. The molecule has 1 aliphatic rings. The molecule has 4 rings (SSSR count). The molecule has 0 fully saturated rings. The van der Waals surface area contributed by atoms with Crippen molar-refractivity contribution in [1.82, 2.24) is 0 Å². The van der Waals surface area contributed by atoms with E-state index in [-0.39, 0.29) is 12.5 Å². The minimum Gasteiger partial charge on any atom is -0.454 e. The normalized spacial score (nSPS) is 12.0. The van der Waals surface area contributed by atoms with Crippen molar-refractivity contribution < 1.29 is 18.7 Å². The van der Waals surface area contributed by atoms with Gasteiger partial charge in [-0.2, -0.15) is 0 Å². The van der Waals surface area contributed by atoms with Crippen LogP contribution in [0, 0.1) is 0 Å². The van der Waals surface area contributed by atoms with Crippen LogP contribution in [0.15, 0.2) is 51.7 Å². The van der Waals surface area contributed by atoms with Gasteiger partial charge in [-0.25, -0.2) is 9.59 Å². The van der Waals surface area contributed by atoms with E-state index in [0.29, 0.717) is 33.8 Å². The molecule has 0 unspecified atom stereocenters. The maximum Gasteiger partial charge on any atom is 0.362 e. The van der Waals surface area contributed by atoms with E-state index in [4.69, 9.17) is 13.9 Å². The van der Waals surface area contributed by atoms with Crippen LogP contribution in [0.3, 0.4) is 0 Å². The lowest BCUT2D eigenvalue weighted by Crippen LogP contribution is -2.24. The van der Waals surface area contributed by atoms with Crippen LogP contribution in [-0.2, 0) is 0 Å². The highest BCUT2D eigenvalue weighted by molar-refractivity contribution is 6.05. The number of hydrogen-bond donors (Lipinski definition) is 3. The summed E-state index contributed by atoms with van der Waals surface area (Å²) >= 11 is 0. The van der Waals surface area contributed by atoms with Crippen LogP contribution in [0.2, 0.25) is 0 Å². The van der Waals surface area contributed by atoms with Crippen molar-refractivity contribution in [2.75, 3.05) is 29.8 Å². The molecule has 3 aromatic rings. The molecule has 132 valence electrons. The number of hydrogen-bond acceptors (Lipinski definition) is 6. The average molecular weight is 353 g/mol. The van der Waals surface area contributed by atoms with Crippen LogP contribution in [0.25, 0.3) is 11.0 Å². The molecule has 0 bridgehead atoms. The molecule has 0 radical (unpaired) electrons. The maximum absolute atomic E-state index is 12.3. The Balaban J connectivity index is 1.61. The van der Waals surface area contributed by atoms with Crippen molar-refractivity contribution in [3.8, 4) is 11.5 Å². The molecule has 2 amide bonds. The molecule has 0 aliphatic carbocycles. The van der Waals surface area contributed by atoms with Gasteiger partial charge in [-0.05, 0) is 24.3 Å². The summed E-state index contributed by atoms with van der Waals surface area (Å²) in [4.78, 5) is 24.6. The monoisotopic (exact) mass is 353 g/mol. The Morgan fingerprint density at radius 3 is 2.65 bits per heavy atom. The Hall–Kier alpha value is -3.68. The Kier molecular flexibility index (Phi) is 3.85. The molecule has 0 saturated carbocycles. The third-order valence-corrected chi connectivity index (χ3v) is 3.93. The molecule has 8 heteroatoms. The van der Waals surface area contributed by atoms with Gasteiger partial charge in [-0.1, -0.05) is 12.1 Å². The van der Waals surface area contributed by atoms with Crippen molar-refractivity contribution in [3.63, 3.8) is 0 Å². The van der Waals surface area contributed by atoms with E-state index in [1.807, 2.05) is 6.07 Å². The van der Waals surface area contributed by atoms with E-state index < -0.39 is 11.7 Å². The maximum atomic E-state index is 12.3. The highest BCUT2D eigenvalue weighted by Crippen LogP contribution is 2.34. The van der Waals surface area contributed by atoms with E-state index in [9.17, 15) is 9.59 Å². The van der Waals surface area contributed by atoms with E-state index in [1.54, 1.807) is 43.4 Å². The number of fused-ring (bicyclic) bond motifs is 2. The van der Waals surface area contributed by atoms with Crippen LogP contribution in [0.1, 0.15) is 0 Å². The second-order valence-corrected chi connectivity index (χ2v) is 5.53. The largest absolute Gasteiger partial charge is 0.454 e. The molecule has 8 nitrogen and oxygen atoms in total. The highest BCUT2D eigenvalue weighted by Gasteiger charge is 2.17. The lowest BCUT2D eigenvalue weighted by molar-refractivity contribution is 0.174. The molecule has 1 aromatic heterocycles. The Labute approximate surface area is 147 Å². The summed E-state index contributed by atoms with van der Waals surface area (Å²) in [6, 6.07) is 11.5. The fourth-order valence-corrected chi connectivity index (χ4v) is 2.77. The number of carbonyl (C=O) groups excluding carboxylic acids is 1. The van der Waals surface area contributed by atoms with E-state index in [1.165, 1.54) is 0 Å². The lowest BCUT2D eigenvalue weighted by atomic mass is 10.2. The number of nitrogens with one attached hydrogen (secondary N) is 3. The summed E-state index contributed by atoms with van der Waals surface area (Å²) in [7, 11) is 1.67. The SMILES string of the molecule is CNc1c(NC(=O)Nc2ccc3c(c2)OCO3)c(=O)oc2ccccc12. The van der Waals surface area contributed by atoms with E-state index in [0.717, 1.165) is 0 Å². The molecule has 3 N–H and O–H groups in total. The summed E-state index contributed by atoms with van der Waals surface area (Å²) < 4.78 is 15.8. The van der Waals surface area contributed by atoms with Crippen molar-refractivity contribution >= 4 is 34.1 Å². The smallest absolute Gasteiger partial charge is 0.362 e. The summed E-state index contributed by atoms with van der Waals surface area (Å²) in [5.41, 5.74) is 0.808. The second kappa shape index (κ2) is 6.32. The zero-order valence-corrected chi connectivity index (χ0v) is 13.8. The molecule has 0 spiro atoms. The molecule has 26 heavy (non-hydrogen) atoms. The minimum absolute atomic E-state index is 0.0319. The zero-order chi connectivity index (χ0) is 18.1. The van der Waals surface area contributed by atoms with Gasteiger partial charge in [-0.3, -0.25) is 5.32 Å². The van der Waals surface area contributed by atoms with Gasteiger partial charge in [0.2, 0.25) is 6.79 Å². The predicted octanol–water partition coefficient (Wildman–Crippen LogP) is 3.21. The fraction of sp³-hybridized carbons (Fsp3) is 0.111. The molecule has 0 saturated heterocycles. The fourth-order valence-electron chi connectivity index (χ4n) is 2.77. The lowest BCUT2D eigenvalue weighted by Gasteiger charge is -2.12. The van der Waals surface area contributed by atoms with Gasteiger partial charge in [0.15, 0.2) is 17.2 Å². The molecule has 0 atom stereocenters. The number of para-hydroxylation sites is 1. The van der Waals surface area contributed by atoms with Crippen molar-refractivity contribution in [2.45, 2.75) is 0 Å². The first-order chi connectivity index (χ1) is 12.7. The van der Waals surface area contributed by atoms with Gasteiger partial charge in [-0.15, -0.1) is 0 Å². The van der Waals surface area contributed by atoms with Gasteiger partial charge in [0.1, 0.15) is 5.58 Å². The molecule has 2 heterocycles. The quantitative estimate of drug-likeness (QED) is 0.625. The first-order valence-electron chi connectivity index (χ1n) is 7.87. The van der Waals surface area contributed by atoms with E-state index >= 15 is 0 Å². The van der Waals surface area contributed by atoms with Gasteiger partial charge < -0.3 is 24.5 Å². The standard InChI is InChI=1S/C18H15N3O5/c1-19-15-11-4-2-3-5-12(11)26-17(22)16(15)21-18(23)20-10-6-7-13-14(8-10)25-9-24-13/h2-8,19H,9H2,1H3,(H2,20,21,23). The number of carbonyl (C=O) groups is 1. The van der Waals surface area contributed by atoms with Gasteiger partial charge in [0.25, 0.3) is 0 Å². The summed E-state index contributed by atoms with van der Waals surface area (Å²) in [6.07, 6.45) is 0. The number of urea groups is 1. The Bertz CT molecular complexity index is 1060. The third-order valence-electron chi connectivity index (χ3n) is 3.93.